The summed E-state index contributed by atoms with van der Waals surface area (Å²) in [6.07, 6.45) is -5.23. The van der Waals surface area contributed by atoms with Gasteiger partial charge in [0, 0.05) is 5.56 Å². The number of phenolic OH excluding ortho intramolecular Hbond substituents is 1. The topological polar surface area (TPSA) is 66.8 Å². The van der Waals surface area contributed by atoms with Crippen molar-refractivity contribution in [1.29, 1.82) is 0 Å². The number of esters is 1. The lowest BCUT2D eigenvalue weighted by Crippen LogP contribution is -2.49. The van der Waals surface area contributed by atoms with Gasteiger partial charge in [-0.1, -0.05) is 12.1 Å². The zero-order valence-corrected chi connectivity index (χ0v) is 8.65. The number of carbonyl (C=O) groups excluding carboxylic acids is 1. The number of aromatic hydroxyl groups is 1. The van der Waals surface area contributed by atoms with Crippen LogP contribution in [-0.4, -0.2) is 29.5 Å². The van der Waals surface area contributed by atoms with E-state index in [2.05, 4.69) is 4.74 Å². The Morgan fingerprint density at radius 2 is 1.71 bits per heavy atom. The molecule has 0 spiro atoms. The smallest absolute Gasteiger partial charge is 0.432 e. The van der Waals surface area contributed by atoms with Gasteiger partial charge in [-0.05, 0) is 12.1 Å². The Morgan fingerprint density at radius 1 is 1.24 bits per heavy atom. The summed E-state index contributed by atoms with van der Waals surface area (Å²) in [5.74, 6) is -2.13. The summed E-state index contributed by atoms with van der Waals surface area (Å²) in [7, 11) is 0.736. The maximum atomic E-state index is 12.7. The first-order valence-electron chi connectivity index (χ1n) is 4.40. The molecule has 17 heavy (non-hydrogen) atoms. The van der Waals surface area contributed by atoms with Gasteiger partial charge in [-0.3, -0.25) is 0 Å². The van der Waals surface area contributed by atoms with Crippen molar-refractivity contribution >= 4 is 5.97 Å². The zero-order chi connectivity index (χ0) is 13.3. The van der Waals surface area contributed by atoms with Crippen LogP contribution in [0.1, 0.15) is 5.56 Å². The fourth-order valence-corrected chi connectivity index (χ4v) is 1.25. The lowest BCUT2D eigenvalue weighted by molar-refractivity contribution is -0.266. The Bertz CT molecular complexity index is 413. The molecule has 94 valence electrons. The van der Waals surface area contributed by atoms with E-state index in [9.17, 15) is 23.1 Å². The summed E-state index contributed by atoms with van der Waals surface area (Å²) in [6, 6.07) is 3.43. The zero-order valence-electron chi connectivity index (χ0n) is 8.65. The molecule has 0 heterocycles. The van der Waals surface area contributed by atoms with Crippen LogP contribution in [0.25, 0.3) is 0 Å². The minimum atomic E-state index is -5.23. The molecular formula is C10H9F3O4. The first-order chi connectivity index (χ1) is 7.73. The van der Waals surface area contributed by atoms with Gasteiger partial charge in [-0.15, -0.1) is 0 Å². The third kappa shape index (κ3) is 2.19. The van der Waals surface area contributed by atoms with Crippen molar-refractivity contribution in [2.75, 3.05) is 7.11 Å². The Balaban J connectivity index is 3.34. The second-order valence-electron chi connectivity index (χ2n) is 3.25. The summed E-state index contributed by atoms with van der Waals surface area (Å²) in [6.45, 7) is 0. The van der Waals surface area contributed by atoms with Crippen molar-refractivity contribution in [3.05, 3.63) is 29.8 Å². The van der Waals surface area contributed by atoms with E-state index in [-0.39, 0.29) is 5.75 Å². The summed E-state index contributed by atoms with van der Waals surface area (Å²) in [4.78, 5) is 11.1. The van der Waals surface area contributed by atoms with Crippen LogP contribution in [0.5, 0.6) is 5.75 Å². The van der Waals surface area contributed by atoms with Crippen molar-refractivity contribution in [3.8, 4) is 5.75 Å². The highest BCUT2D eigenvalue weighted by molar-refractivity contribution is 5.82. The second-order valence-corrected chi connectivity index (χ2v) is 3.25. The van der Waals surface area contributed by atoms with E-state index in [1.807, 2.05) is 0 Å². The normalized spacial score (nSPS) is 15.1. The highest BCUT2D eigenvalue weighted by atomic mass is 19.4. The average Bonchev–Trinajstić information content (AvgIpc) is 2.26. The predicted molar refractivity (Wildman–Crippen MR) is 50.1 cm³/mol. The highest BCUT2D eigenvalue weighted by Crippen LogP contribution is 2.40. The van der Waals surface area contributed by atoms with Crippen molar-refractivity contribution in [2.45, 2.75) is 11.8 Å². The second kappa shape index (κ2) is 4.25. The van der Waals surface area contributed by atoms with Gasteiger partial charge in [0.05, 0.1) is 7.11 Å². The molecule has 0 fully saturated rings. The average molecular weight is 250 g/mol. The Morgan fingerprint density at radius 3 is 2.06 bits per heavy atom. The first kappa shape index (κ1) is 13.3. The number of phenols is 1. The molecule has 1 atom stereocenters. The van der Waals surface area contributed by atoms with E-state index < -0.39 is 23.3 Å². The maximum Gasteiger partial charge on any atom is 0.432 e. The van der Waals surface area contributed by atoms with Crippen LogP contribution in [0, 0.1) is 0 Å². The first-order valence-corrected chi connectivity index (χ1v) is 4.40. The van der Waals surface area contributed by atoms with Gasteiger partial charge in [0.2, 0.25) is 0 Å². The molecule has 1 aromatic rings. The number of methoxy groups -OCH3 is 1. The number of carbonyl (C=O) groups is 1. The molecule has 0 aliphatic carbocycles. The van der Waals surface area contributed by atoms with Gasteiger partial charge in [0.15, 0.2) is 0 Å². The molecule has 0 aliphatic rings. The van der Waals surface area contributed by atoms with E-state index in [1.165, 1.54) is 0 Å². The third-order valence-electron chi connectivity index (χ3n) is 2.18. The van der Waals surface area contributed by atoms with Crippen molar-refractivity contribution in [2.24, 2.45) is 0 Å². The molecule has 4 nitrogen and oxygen atoms in total. The van der Waals surface area contributed by atoms with E-state index >= 15 is 0 Å². The summed E-state index contributed by atoms with van der Waals surface area (Å²) < 4.78 is 42.1. The van der Waals surface area contributed by atoms with Gasteiger partial charge in [-0.2, -0.15) is 13.2 Å². The predicted octanol–water partition coefficient (Wildman–Crippen LogP) is 1.32. The molecule has 1 aromatic carbocycles. The molecule has 1 rings (SSSR count). The van der Waals surface area contributed by atoms with Gasteiger partial charge < -0.3 is 14.9 Å². The van der Waals surface area contributed by atoms with Crippen molar-refractivity contribution < 1.29 is 32.9 Å². The summed E-state index contributed by atoms with van der Waals surface area (Å²) >= 11 is 0. The number of rotatable bonds is 2. The van der Waals surface area contributed by atoms with Crippen LogP contribution in [0.15, 0.2) is 24.3 Å². The fraction of sp³-hybridized carbons (Fsp3) is 0.300. The quantitative estimate of drug-likeness (QED) is 0.777. The number of alkyl halides is 3. The molecule has 7 heteroatoms. The number of aliphatic hydroxyl groups is 1. The number of ether oxygens (including phenoxy) is 1. The Kier molecular flexibility index (Phi) is 3.33. The number of benzene rings is 1. The van der Waals surface area contributed by atoms with E-state index in [1.54, 1.807) is 0 Å². The van der Waals surface area contributed by atoms with Crippen LogP contribution < -0.4 is 0 Å². The minimum Gasteiger partial charge on any atom is -0.508 e. The van der Waals surface area contributed by atoms with Gasteiger partial charge >= 0.3 is 12.1 Å². The van der Waals surface area contributed by atoms with Crippen LogP contribution in [-0.2, 0) is 15.1 Å². The molecule has 0 saturated carbocycles. The van der Waals surface area contributed by atoms with Crippen LogP contribution in [0.2, 0.25) is 0 Å². The molecule has 0 aromatic heterocycles. The maximum absolute atomic E-state index is 12.7. The highest BCUT2D eigenvalue weighted by Gasteiger charge is 2.62. The van der Waals surface area contributed by atoms with E-state index in [0.717, 1.165) is 31.4 Å². The lowest BCUT2D eigenvalue weighted by atomic mass is 9.93. The molecule has 0 unspecified atom stereocenters. The third-order valence-corrected chi connectivity index (χ3v) is 2.18. The summed E-state index contributed by atoms with van der Waals surface area (Å²) in [5.41, 5.74) is -4.47. The Labute approximate surface area is 94.3 Å². The largest absolute Gasteiger partial charge is 0.508 e. The van der Waals surface area contributed by atoms with Gasteiger partial charge in [0.1, 0.15) is 5.75 Å². The van der Waals surface area contributed by atoms with Gasteiger partial charge in [-0.25, -0.2) is 4.79 Å². The fourth-order valence-electron chi connectivity index (χ4n) is 1.25. The molecule has 0 saturated heterocycles. The number of hydrogen-bond acceptors (Lipinski definition) is 4. The number of hydrogen-bond donors (Lipinski definition) is 2. The minimum absolute atomic E-state index is 0.289. The molecule has 0 radical (unpaired) electrons. The van der Waals surface area contributed by atoms with Crippen LogP contribution >= 0.6 is 0 Å². The van der Waals surface area contributed by atoms with Crippen LogP contribution in [0.4, 0.5) is 13.2 Å². The SMILES string of the molecule is COC(=O)[C@@](O)(c1ccc(O)cc1)C(F)(F)F. The van der Waals surface area contributed by atoms with E-state index in [4.69, 9.17) is 5.11 Å². The molecule has 0 aliphatic heterocycles. The van der Waals surface area contributed by atoms with Crippen molar-refractivity contribution in [3.63, 3.8) is 0 Å². The Hall–Kier alpha value is -1.76. The molecule has 0 amide bonds. The standard InChI is InChI=1S/C10H9F3O4/c1-17-8(15)9(16,10(11,12)13)6-2-4-7(14)5-3-6/h2-5,14,16H,1H3/t9-/m0/s1. The monoisotopic (exact) mass is 250 g/mol. The van der Waals surface area contributed by atoms with Gasteiger partial charge in [0.25, 0.3) is 5.60 Å². The lowest BCUT2D eigenvalue weighted by Gasteiger charge is -2.27. The van der Waals surface area contributed by atoms with Crippen LogP contribution in [0.3, 0.4) is 0 Å². The van der Waals surface area contributed by atoms with E-state index in [0.29, 0.717) is 0 Å². The molecule has 2 N–H and O–H groups in total. The molecular weight excluding hydrogens is 241 g/mol. The van der Waals surface area contributed by atoms with Crippen molar-refractivity contribution in [1.82, 2.24) is 0 Å². The summed E-state index contributed by atoms with van der Waals surface area (Å²) in [5, 5.41) is 18.4. The number of halogens is 3. The molecule has 0 bridgehead atoms.